The van der Waals surface area contributed by atoms with Gasteiger partial charge in [-0.2, -0.15) is 13.2 Å². The first kappa shape index (κ1) is 18.6. The average Bonchev–Trinajstić information content (AvgIpc) is 2.55. The molecule has 2 rings (SSSR count). The number of ether oxygens (including phenoxy) is 1. The van der Waals surface area contributed by atoms with E-state index in [1.807, 2.05) is 0 Å². The van der Waals surface area contributed by atoms with Crippen LogP contribution in [0.3, 0.4) is 0 Å². The van der Waals surface area contributed by atoms with Crippen LogP contribution in [0.4, 0.5) is 28.0 Å². The van der Waals surface area contributed by atoms with Crippen LogP contribution in [0.2, 0.25) is 0 Å². The molecule has 0 aliphatic rings. The zero-order valence-electron chi connectivity index (χ0n) is 13.3. The number of rotatable bonds is 5. The predicted octanol–water partition coefficient (Wildman–Crippen LogP) is 4.56. The number of hydrogen-bond donors (Lipinski definition) is 2. The summed E-state index contributed by atoms with van der Waals surface area (Å²) >= 11 is 0. The van der Waals surface area contributed by atoms with Gasteiger partial charge in [0.2, 0.25) is 0 Å². The van der Waals surface area contributed by atoms with Gasteiger partial charge in [-0.05, 0) is 31.2 Å². The molecule has 0 aliphatic carbocycles. The number of carbonyl (C=O) groups is 1. The molecule has 0 bridgehead atoms. The lowest BCUT2D eigenvalue weighted by atomic mass is 10.1. The summed E-state index contributed by atoms with van der Waals surface area (Å²) in [5.74, 6) is -0.466. The fourth-order valence-corrected chi connectivity index (χ4v) is 2.11. The third-order valence-electron chi connectivity index (χ3n) is 3.25. The van der Waals surface area contributed by atoms with E-state index in [0.29, 0.717) is 0 Å². The van der Waals surface area contributed by atoms with E-state index in [1.165, 1.54) is 24.3 Å². The Morgan fingerprint density at radius 1 is 1.16 bits per heavy atom. The van der Waals surface area contributed by atoms with Crippen molar-refractivity contribution in [3.63, 3.8) is 0 Å². The van der Waals surface area contributed by atoms with E-state index in [9.17, 15) is 22.4 Å². The third-order valence-corrected chi connectivity index (χ3v) is 3.25. The molecule has 0 saturated carbocycles. The topological polar surface area (TPSA) is 50.4 Å². The van der Waals surface area contributed by atoms with E-state index in [2.05, 4.69) is 10.6 Å². The number of benzene rings is 2. The SMILES string of the molecule is CCOc1ccc(NC(=O)NCc2ccccc2F)c(C(F)(F)F)c1. The smallest absolute Gasteiger partial charge is 0.418 e. The second-order valence-corrected chi connectivity index (χ2v) is 5.04. The van der Waals surface area contributed by atoms with Crippen molar-refractivity contribution < 1.29 is 27.1 Å². The number of amides is 2. The highest BCUT2D eigenvalue weighted by atomic mass is 19.4. The molecule has 2 aromatic rings. The van der Waals surface area contributed by atoms with Crippen LogP contribution in [0.5, 0.6) is 5.75 Å². The largest absolute Gasteiger partial charge is 0.494 e. The van der Waals surface area contributed by atoms with Crippen molar-refractivity contribution in [3.05, 3.63) is 59.4 Å². The molecule has 2 aromatic carbocycles. The molecule has 0 saturated heterocycles. The van der Waals surface area contributed by atoms with Crippen molar-refractivity contribution in [1.29, 1.82) is 0 Å². The number of alkyl halides is 3. The van der Waals surface area contributed by atoms with Gasteiger partial charge in [-0.15, -0.1) is 0 Å². The molecule has 0 unspecified atom stereocenters. The molecule has 4 nitrogen and oxygen atoms in total. The quantitative estimate of drug-likeness (QED) is 0.772. The van der Waals surface area contributed by atoms with Gasteiger partial charge in [-0.3, -0.25) is 0 Å². The van der Waals surface area contributed by atoms with Crippen LogP contribution >= 0.6 is 0 Å². The summed E-state index contributed by atoms with van der Waals surface area (Å²) in [5, 5.41) is 4.45. The Morgan fingerprint density at radius 3 is 2.52 bits per heavy atom. The number of nitrogens with one attached hydrogen (secondary N) is 2. The van der Waals surface area contributed by atoms with Gasteiger partial charge in [0, 0.05) is 12.1 Å². The maximum atomic E-state index is 13.5. The first-order valence-corrected chi connectivity index (χ1v) is 7.43. The Bertz CT molecular complexity index is 748. The lowest BCUT2D eigenvalue weighted by molar-refractivity contribution is -0.137. The van der Waals surface area contributed by atoms with Gasteiger partial charge in [0.1, 0.15) is 11.6 Å². The Labute approximate surface area is 141 Å². The highest BCUT2D eigenvalue weighted by Crippen LogP contribution is 2.37. The van der Waals surface area contributed by atoms with Crippen molar-refractivity contribution in [2.24, 2.45) is 0 Å². The molecular formula is C17H16F4N2O2. The lowest BCUT2D eigenvalue weighted by Gasteiger charge is -2.16. The summed E-state index contributed by atoms with van der Waals surface area (Å²) in [6, 6.07) is 8.15. The summed E-state index contributed by atoms with van der Waals surface area (Å²) in [7, 11) is 0. The van der Waals surface area contributed by atoms with Crippen molar-refractivity contribution in [1.82, 2.24) is 5.32 Å². The Hall–Kier alpha value is -2.77. The van der Waals surface area contributed by atoms with E-state index in [4.69, 9.17) is 4.74 Å². The van der Waals surface area contributed by atoms with Crippen molar-refractivity contribution in [2.45, 2.75) is 19.6 Å². The normalized spacial score (nSPS) is 11.1. The van der Waals surface area contributed by atoms with E-state index in [0.717, 1.165) is 12.1 Å². The molecule has 0 spiro atoms. The second-order valence-electron chi connectivity index (χ2n) is 5.04. The minimum atomic E-state index is -4.67. The Kier molecular flexibility index (Phi) is 5.84. The molecule has 25 heavy (non-hydrogen) atoms. The van der Waals surface area contributed by atoms with Crippen molar-refractivity contribution >= 4 is 11.7 Å². The maximum Gasteiger partial charge on any atom is 0.418 e. The number of anilines is 1. The third kappa shape index (κ3) is 5.10. The van der Waals surface area contributed by atoms with E-state index >= 15 is 0 Å². The highest BCUT2D eigenvalue weighted by molar-refractivity contribution is 5.90. The van der Waals surface area contributed by atoms with Crippen LogP contribution < -0.4 is 15.4 Å². The van der Waals surface area contributed by atoms with Crippen molar-refractivity contribution in [3.8, 4) is 5.75 Å². The number of halogens is 4. The van der Waals surface area contributed by atoms with Crippen LogP contribution in [0.25, 0.3) is 0 Å². The van der Waals surface area contributed by atoms with E-state index < -0.39 is 29.3 Å². The minimum absolute atomic E-state index is 0.0483. The van der Waals surface area contributed by atoms with Crippen LogP contribution in [-0.4, -0.2) is 12.6 Å². The Morgan fingerprint density at radius 2 is 1.88 bits per heavy atom. The molecule has 0 fully saturated rings. The fourth-order valence-electron chi connectivity index (χ4n) is 2.11. The van der Waals surface area contributed by atoms with Crippen molar-refractivity contribution in [2.75, 3.05) is 11.9 Å². The van der Waals surface area contributed by atoms with Gasteiger partial charge < -0.3 is 15.4 Å². The zero-order valence-corrected chi connectivity index (χ0v) is 13.3. The monoisotopic (exact) mass is 356 g/mol. The van der Waals surface area contributed by atoms with Gasteiger partial charge in [-0.1, -0.05) is 18.2 Å². The average molecular weight is 356 g/mol. The predicted molar refractivity (Wildman–Crippen MR) is 84.9 cm³/mol. The van der Waals surface area contributed by atoms with Gasteiger partial charge in [-0.25, -0.2) is 9.18 Å². The van der Waals surface area contributed by atoms with Crippen LogP contribution in [0.15, 0.2) is 42.5 Å². The molecule has 8 heteroatoms. The van der Waals surface area contributed by atoms with Gasteiger partial charge in [0.05, 0.1) is 17.9 Å². The Balaban J connectivity index is 2.10. The molecule has 0 atom stereocenters. The standard InChI is InChI=1S/C17H16F4N2O2/c1-2-25-12-7-8-15(13(9-12)17(19,20)21)23-16(24)22-10-11-5-3-4-6-14(11)18/h3-9H,2,10H2,1H3,(H2,22,23,24). The van der Waals surface area contributed by atoms with Gasteiger partial charge >= 0.3 is 12.2 Å². The van der Waals surface area contributed by atoms with Gasteiger partial charge in [0.25, 0.3) is 0 Å². The minimum Gasteiger partial charge on any atom is -0.494 e. The molecule has 134 valence electrons. The zero-order chi connectivity index (χ0) is 18.4. The fraction of sp³-hybridized carbons (Fsp3) is 0.235. The molecule has 0 aromatic heterocycles. The summed E-state index contributed by atoms with van der Waals surface area (Å²) in [5.41, 5.74) is -1.22. The molecule has 0 heterocycles. The lowest BCUT2D eigenvalue weighted by Crippen LogP contribution is -2.29. The summed E-state index contributed by atoms with van der Waals surface area (Å²) in [6.45, 7) is 1.71. The molecule has 2 N–H and O–H groups in total. The first-order valence-electron chi connectivity index (χ1n) is 7.43. The molecule has 2 amide bonds. The summed E-state index contributed by atoms with van der Waals surface area (Å²) in [6.07, 6.45) is -4.67. The van der Waals surface area contributed by atoms with Crippen LogP contribution in [0.1, 0.15) is 18.1 Å². The summed E-state index contributed by atoms with van der Waals surface area (Å²) in [4.78, 5) is 11.8. The molecule has 0 aliphatic heterocycles. The van der Waals surface area contributed by atoms with E-state index in [-0.39, 0.29) is 24.5 Å². The van der Waals surface area contributed by atoms with Crippen LogP contribution in [0, 0.1) is 5.82 Å². The van der Waals surface area contributed by atoms with Crippen LogP contribution in [-0.2, 0) is 12.7 Å². The maximum absolute atomic E-state index is 13.5. The number of hydrogen-bond acceptors (Lipinski definition) is 2. The second kappa shape index (κ2) is 7.87. The summed E-state index contributed by atoms with van der Waals surface area (Å²) < 4.78 is 58.0. The molecular weight excluding hydrogens is 340 g/mol. The number of carbonyl (C=O) groups excluding carboxylic acids is 1. The first-order chi connectivity index (χ1) is 11.8. The highest BCUT2D eigenvalue weighted by Gasteiger charge is 2.34. The van der Waals surface area contributed by atoms with Gasteiger partial charge in [0.15, 0.2) is 0 Å². The number of urea groups is 1. The molecule has 0 radical (unpaired) electrons. The van der Waals surface area contributed by atoms with E-state index in [1.54, 1.807) is 13.0 Å².